The highest BCUT2D eigenvalue weighted by Gasteiger charge is 2.04. The van der Waals surface area contributed by atoms with E-state index in [-0.39, 0.29) is 5.56 Å². The van der Waals surface area contributed by atoms with Crippen molar-refractivity contribution >= 4 is 0 Å². The van der Waals surface area contributed by atoms with Crippen molar-refractivity contribution in [3.05, 3.63) is 62.2 Å². The third kappa shape index (κ3) is 2.77. The molecule has 6 nitrogen and oxygen atoms in total. The number of pyridine rings is 1. The average molecular weight is 256 g/mol. The smallest absolute Gasteiger partial charge is 0.296 e. The molecular formula is C13H12N4O2. The topological polar surface area (TPSA) is 91.5 Å². The molecule has 1 N–H and O–H groups in total. The number of nitrogens with zero attached hydrogens (tertiary/aromatic N) is 3. The quantitative estimate of drug-likeness (QED) is 0.861. The van der Waals surface area contributed by atoms with E-state index in [2.05, 4.69) is 9.97 Å². The summed E-state index contributed by atoms with van der Waals surface area (Å²) in [6.45, 7) is 2.14. The first kappa shape index (κ1) is 12.8. The van der Waals surface area contributed by atoms with Gasteiger partial charge in [-0.1, -0.05) is 6.92 Å². The Morgan fingerprint density at radius 2 is 2.26 bits per heavy atom. The Morgan fingerprint density at radius 3 is 2.95 bits per heavy atom. The lowest BCUT2D eigenvalue weighted by atomic mass is 10.2. The summed E-state index contributed by atoms with van der Waals surface area (Å²) in [4.78, 5) is 29.3. The second-order valence-corrected chi connectivity index (χ2v) is 4.06. The number of H-pyrrole nitrogens is 1. The van der Waals surface area contributed by atoms with Gasteiger partial charge in [-0.05, 0) is 24.1 Å². The van der Waals surface area contributed by atoms with Crippen molar-refractivity contribution in [3.63, 3.8) is 0 Å². The summed E-state index contributed by atoms with van der Waals surface area (Å²) in [6, 6.07) is 5.28. The average Bonchev–Trinajstić information content (AvgIpc) is 2.42. The van der Waals surface area contributed by atoms with Crippen LogP contribution in [0, 0.1) is 11.3 Å². The fraction of sp³-hybridized carbons (Fsp3) is 0.231. The molecule has 0 unspecified atom stereocenters. The van der Waals surface area contributed by atoms with Crippen molar-refractivity contribution in [1.29, 1.82) is 5.26 Å². The van der Waals surface area contributed by atoms with Crippen molar-refractivity contribution in [3.8, 4) is 6.07 Å². The van der Waals surface area contributed by atoms with Crippen LogP contribution >= 0.6 is 0 Å². The second kappa shape index (κ2) is 5.31. The molecule has 96 valence electrons. The molecule has 2 rings (SSSR count). The zero-order valence-corrected chi connectivity index (χ0v) is 10.4. The third-order valence-electron chi connectivity index (χ3n) is 2.76. The summed E-state index contributed by atoms with van der Waals surface area (Å²) >= 11 is 0. The number of hydrogen-bond acceptors (Lipinski definition) is 4. The van der Waals surface area contributed by atoms with E-state index in [9.17, 15) is 9.59 Å². The summed E-state index contributed by atoms with van der Waals surface area (Å²) in [5, 5.41) is 8.77. The van der Waals surface area contributed by atoms with Crippen molar-refractivity contribution in [2.75, 3.05) is 0 Å². The highest BCUT2D eigenvalue weighted by atomic mass is 16.2. The van der Waals surface area contributed by atoms with E-state index in [1.807, 2.05) is 13.0 Å². The highest BCUT2D eigenvalue weighted by Crippen LogP contribution is 2.02. The normalized spacial score (nSPS) is 10.1. The fourth-order valence-electron chi connectivity index (χ4n) is 1.75. The molecule has 19 heavy (non-hydrogen) atoms. The molecule has 0 aliphatic carbocycles. The Hall–Kier alpha value is -2.68. The largest absolute Gasteiger partial charge is 0.328 e. The van der Waals surface area contributed by atoms with Gasteiger partial charge in [0.15, 0.2) is 0 Å². The number of hydrogen-bond donors (Lipinski definition) is 1. The Bertz CT molecular complexity index is 752. The van der Waals surface area contributed by atoms with E-state index >= 15 is 0 Å². The molecule has 0 aromatic carbocycles. The van der Waals surface area contributed by atoms with Crippen LogP contribution in [0.2, 0.25) is 0 Å². The van der Waals surface area contributed by atoms with Crippen LogP contribution in [-0.2, 0) is 13.0 Å². The first-order valence-electron chi connectivity index (χ1n) is 5.81. The molecule has 0 aliphatic rings. The molecule has 0 saturated heterocycles. The van der Waals surface area contributed by atoms with E-state index in [1.54, 1.807) is 18.3 Å². The lowest BCUT2D eigenvalue weighted by Crippen LogP contribution is -2.31. The monoisotopic (exact) mass is 256 g/mol. The predicted molar refractivity (Wildman–Crippen MR) is 68.8 cm³/mol. The van der Waals surface area contributed by atoms with Crippen molar-refractivity contribution < 1.29 is 0 Å². The standard InChI is InChI=1S/C13H12N4O2/c1-2-10-8-17(13(19)16-12(10)18)7-9-3-4-15-11(5-9)6-14/h3-5,8H,2,7H2,1H3,(H,16,18,19). The van der Waals surface area contributed by atoms with Gasteiger partial charge >= 0.3 is 5.69 Å². The van der Waals surface area contributed by atoms with Crippen molar-refractivity contribution in [2.24, 2.45) is 0 Å². The molecule has 6 heteroatoms. The zero-order valence-electron chi connectivity index (χ0n) is 10.4. The van der Waals surface area contributed by atoms with Gasteiger partial charge in [-0.15, -0.1) is 0 Å². The van der Waals surface area contributed by atoms with Gasteiger partial charge in [-0.3, -0.25) is 14.3 Å². The highest BCUT2D eigenvalue weighted by molar-refractivity contribution is 5.25. The van der Waals surface area contributed by atoms with Gasteiger partial charge in [0, 0.05) is 18.0 Å². The summed E-state index contributed by atoms with van der Waals surface area (Å²) in [6.07, 6.45) is 3.62. The van der Waals surface area contributed by atoms with Crippen LogP contribution in [0.3, 0.4) is 0 Å². The molecule has 0 radical (unpaired) electrons. The van der Waals surface area contributed by atoms with Crippen LogP contribution in [0.4, 0.5) is 0 Å². The minimum absolute atomic E-state index is 0.291. The predicted octanol–water partition coefficient (Wildman–Crippen LogP) is 0.414. The number of rotatable bonds is 3. The van der Waals surface area contributed by atoms with Gasteiger partial charge < -0.3 is 0 Å². The van der Waals surface area contributed by atoms with Crippen LogP contribution < -0.4 is 11.2 Å². The Balaban J connectivity index is 2.41. The third-order valence-corrected chi connectivity index (χ3v) is 2.76. The molecule has 0 aliphatic heterocycles. The number of nitrogens with one attached hydrogen (secondary N) is 1. The zero-order chi connectivity index (χ0) is 13.8. The van der Waals surface area contributed by atoms with Gasteiger partial charge in [0.1, 0.15) is 11.8 Å². The maximum absolute atomic E-state index is 11.7. The summed E-state index contributed by atoms with van der Waals surface area (Å²) in [5.41, 5.74) is 0.816. The van der Waals surface area contributed by atoms with Gasteiger partial charge in [0.05, 0.1) is 6.54 Å². The number of nitriles is 1. The molecule has 2 aromatic rings. The second-order valence-electron chi connectivity index (χ2n) is 4.06. The van der Waals surface area contributed by atoms with Crippen LogP contribution in [0.25, 0.3) is 0 Å². The van der Waals surface area contributed by atoms with Crippen LogP contribution in [-0.4, -0.2) is 14.5 Å². The summed E-state index contributed by atoms with van der Waals surface area (Å²) < 4.78 is 1.41. The first-order chi connectivity index (χ1) is 9.13. The van der Waals surface area contributed by atoms with E-state index in [1.165, 1.54) is 10.8 Å². The Kier molecular flexibility index (Phi) is 3.57. The van der Waals surface area contributed by atoms with Gasteiger partial charge in [-0.2, -0.15) is 5.26 Å². The van der Waals surface area contributed by atoms with Crippen molar-refractivity contribution in [1.82, 2.24) is 14.5 Å². The van der Waals surface area contributed by atoms with Crippen LogP contribution in [0.5, 0.6) is 0 Å². The maximum Gasteiger partial charge on any atom is 0.328 e. The Morgan fingerprint density at radius 1 is 1.47 bits per heavy atom. The molecule has 0 saturated carbocycles. The molecule has 0 bridgehead atoms. The Labute approximate surface area is 109 Å². The lowest BCUT2D eigenvalue weighted by Gasteiger charge is -2.06. The lowest BCUT2D eigenvalue weighted by molar-refractivity contribution is 0.706. The van der Waals surface area contributed by atoms with Gasteiger partial charge in [0.25, 0.3) is 5.56 Å². The summed E-state index contributed by atoms with van der Waals surface area (Å²) in [5.74, 6) is 0. The molecular weight excluding hydrogens is 244 g/mol. The first-order valence-corrected chi connectivity index (χ1v) is 5.81. The number of aromatic amines is 1. The fourth-order valence-corrected chi connectivity index (χ4v) is 1.75. The minimum Gasteiger partial charge on any atom is -0.296 e. The van der Waals surface area contributed by atoms with E-state index < -0.39 is 5.69 Å². The maximum atomic E-state index is 11.7. The van der Waals surface area contributed by atoms with E-state index in [0.29, 0.717) is 24.2 Å². The minimum atomic E-state index is -0.461. The molecule has 2 aromatic heterocycles. The van der Waals surface area contributed by atoms with Gasteiger partial charge in [-0.25, -0.2) is 9.78 Å². The van der Waals surface area contributed by atoms with Crippen LogP contribution in [0.1, 0.15) is 23.7 Å². The molecule has 0 atom stereocenters. The number of aryl methyl sites for hydroxylation is 1. The van der Waals surface area contributed by atoms with Crippen molar-refractivity contribution in [2.45, 2.75) is 19.9 Å². The van der Waals surface area contributed by atoms with Gasteiger partial charge in [0.2, 0.25) is 0 Å². The molecule has 0 spiro atoms. The SMILES string of the molecule is CCc1cn(Cc2ccnc(C#N)c2)c(=O)[nH]c1=O. The number of aromatic nitrogens is 3. The summed E-state index contributed by atoms with van der Waals surface area (Å²) in [7, 11) is 0. The molecule has 0 amide bonds. The van der Waals surface area contributed by atoms with Crippen LogP contribution in [0.15, 0.2) is 34.1 Å². The van der Waals surface area contributed by atoms with E-state index in [4.69, 9.17) is 5.26 Å². The van der Waals surface area contributed by atoms with E-state index in [0.717, 1.165) is 5.56 Å². The molecule has 0 fully saturated rings. The molecule has 2 heterocycles.